The second-order valence-corrected chi connectivity index (χ2v) is 5.92. The molecule has 1 heterocycles. The molecule has 0 amide bonds. The van der Waals surface area contributed by atoms with Crippen LogP contribution in [-0.4, -0.2) is 35.5 Å². The summed E-state index contributed by atoms with van der Waals surface area (Å²) in [6.45, 7) is 7.93. The predicted octanol–water partition coefficient (Wildman–Crippen LogP) is 3.52. The van der Waals surface area contributed by atoms with Crippen molar-refractivity contribution >= 4 is 11.4 Å². The molecule has 0 aliphatic carbocycles. The fourth-order valence-corrected chi connectivity index (χ4v) is 3.08. The molecule has 2 rings (SSSR count). The Hall–Kier alpha value is -1.62. The van der Waals surface area contributed by atoms with Gasteiger partial charge in [-0.2, -0.15) is 0 Å². The SMILES string of the molecule is CCCN1CCC(C(C)Nc2cccc([N+](=O)[O-])c2)CC1. The fraction of sp³-hybridized carbons (Fsp3) is 0.625. The molecule has 0 bridgehead atoms. The number of benzene rings is 1. The van der Waals surface area contributed by atoms with E-state index in [1.807, 2.05) is 6.07 Å². The minimum absolute atomic E-state index is 0.143. The smallest absolute Gasteiger partial charge is 0.271 e. The third-order valence-electron chi connectivity index (χ3n) is 4.33. The topological polar surface area (TPSA) is 58.4 Å². The largest absolute Gasteiger partial charge is 0.382 e. The second kappa shape index (κ2) is 7.41. The normalized spacial score (nSPS) is 18.4. The van der Waals surface area contributed by atoms with Crippen molar-refractivity contribution < 1.29 is 4.92 Å². The van der Waals surface area contributed by atoms with Crippen LogP contribution in [0.3, 0.4) is 0 Å². The van der Waals surface area contributed by atoms with Crippen LogP contribution in [0.25, 0.3) is 0 Å². The molecule has 0 aromatic heterocycles. The van der Waals surface area contributed by atoms with Crippen LogP contribution in [0.4, 0.5) is 11.4 Å². The van der Waals surface area contributed by atoms with Gasteiger partial charge >= 0.3 is 0 Å². The Morgan fingerprint density at radius 3 is 2.76 bits per heavy atom. The Bertz CT molecular complexity index is 470. The van der Waals surface area contributed by atoms with Crippen LogP contribution in [-0.2, 0) is 0 Å². The number of piperidine rings is 1. The van der Waals surface area contributed by atoms with Gasteiger partial charge in [0.2, 0.25) is 0 Å². The van der Waals surface area contributed by atoms with E-state index >= 15 is 0 Å². The lowest BCUT2D eigenvalue weighted by atomic mass is 9.90. The van der Waals surface area contributed by atoms with Crippen molar-refractivity contribution in [1.82, 2.24) is 4.90 Å². The lowest BCUT2D eigenvalue weighted by Crippen LogP contribution is -2.39. The molecule has 0 radical (unpaired) electrons. The molecule has 0 saturated carbocycles. The summed E-state index contributed by atoms with van der Waals surface area (Å²) in [5.74, 6) is 0.636. The summed E-state index contributed by atoms with van der Waals surface area (Å²) >= 11 is 0. The van der Waals surface area contributed by atoms with Crippen molar-refractivity contribution in [1.29, 1.82) is 0 Å². The third kappa shape index (κ3) is 4.43. The standard InChI is InChI=1S/C16H25N3O2/c1-3-9-18-10-7-14(8-11-18)13(2)17-15-5-4-6-16(12-15)19(20)21/h4-6,12-14,17H,3,7-11H2,1-2H3. The van der Waals surface area contributed by atoms with Crippen LogP contribution in [0.1, 0.15) is 33.1 Å². The minimum Gasteiger partial charge on any atom is -0.382 e. The van der Waals surface area contributed by atoms with Crippen molar-refractivity contribution in [3.8, 4) is 0 Å². The molecule has 0 spiro atoms. The van der Waals surface area contributed by atoms with Gasteiger partial charge in [0.25, 0.3) is 5.69 Å². The monoisotopic (exact) mass is 291 g/mol. The number of hydrogen-bond acceptors (Lipinski definition) is 4. The molecule has 5 nitrogen and oxygen atoms in total. The van der Waals surface area contributed by atoms with E-state index in [-0.39, 0.29) is 10.6 Å². The number of rotatable bonds is 6. The van der Waals surface area contributed by atoms with Crippen LogP contribution in [0.15, 0.2) is 24.3 Å². The van der Waals surface area contributed by atoms with Crippen LogP contribution < -0.4 is 5.32 Å². The van der Waals surface area contributed by atoms with Crippen LogP contribution in [0.5, 0.6) is 0 Å². The summed E-state index contributed by atoms with van der Waals surface area (Å²) in [6, 6.07) is 7.12. The fourth-order valence-electron chi connectivity index (χ4n) is 3.08. The average Bonchev–Trinajstić information content (AvgIpc) is 2.48. The van der Waals surface area contributed by atoms with E-state index in [2.05, 4.69) is 24.1 Å². The Morgan fingerprint density at radius 2 is 2.14 bits per heavy atom. The molecule has 1 fully saturated rings. The van der Waals surface area contributed by atoms with Gasteiger partial charge in [-0.3, -0.25) is 10.1 Å². The molecule has 1 aliphatic rings. The molecule has 1 aromatic carbocycles. The number of hydrogen-bond donors (Lipinski definition) is 1. The summed E-state index contributed by atoms with van der Waals surface area (Å²) in [6.07, 6.45) is 3.61. The van der Waals surface area contributed by atoms with Crippen molar-refractivity contribution in [3.05, 3.63) is 34.4 Å². The lowest BCUT2D eigenvalue weighted by Gasteiger charge is -2.35. The van der Waals surface area contributed by atoms with Gasteiger partial charge in [-0.25, -0.2) is 0 Å². The quantitative estimate of drug-likeness (QED) is 0.643. The van der Waals surface area contributed by atoms with E-state index in [1.54, 1.807) is 12.1 Å². The average molecular weight is 291 g/mol. The maximum absolute atomic E-state index is 10.8. The van der Waals surface area contributed by atoms with Crippen LogP contribution in [0.2, 0.25) is 0 Å². The zero-order valence-electron chi connectivity index (χ0n) is 12.9. The van der Waals surface area contributed by atoms with E-state index in [0.29, 0.717) is 12.0 Å². The van der Waals surface area contributed by atoms with E-state index in [9.17, 15) is 10.1 Å². The molecule has 1 saturated heterocycles. The predicted molar refractivity (Wildman–Crippen MR) is 85.6 cm³/mol. The van der Waals surface area contributed by atoms with Gasteiger partial charge < -0.3 is 10.2 Å². The maximum Gasteiger partial charge on any atom is 0.271 e. The summed E-state index contributed by atoms with van der Waals surface area (Å²) < 4.78 is 0. The van der Waals surface area contributed by atoms with Gasteiger partial charge in [0.1, 0.15) is 0 Å². The summed E-state index contributed by atoms with van der Waals surface area (Å²) in [4.78, 5) is 13.0. The number of anilines is 1. The van der Waals surface area contributed by atoms with E-state index in [0.717, 1.165) is 5.69 Å². The molecule has 5 heteroatoms. The zero-order valence-corrected chi connectivity index (χ0v) is 12.9. The number of nitro groups is 1. The van der Waals surface area contributed by atoms with Crippen molar-refractivity contribution in [3.63, 3.8) is 0 Å². The van der Waals surface area contributed by atoms with E-state index < -0.39 is 0 Å². The van der Waals surface area contributed by atoms with Gasteiger partial charge in [-0.05, 0) is 57.8 Å². The molecule has 116 valence electrons. The minimum atomic E-state index is -0.348. The second-order valence-electron chi connectivity index (χ2n) is 5.92. The number of non-ortho nitro benzene ring substituents is 1. The first-order valence-electron chi connectivity index (χ1n) is 7.83. The van der Waals surface area contributed by atoms with Crippen molar-refractivity contribution in [2.75, 3.05) is 25.0 Å². The molecule has 1 atom stereocenters. The van der Waals surface area contributed by atoms with Gasteiger partial charge in [0.05, 0.1) is 4.92 Å². The first kappa shape index (κ1) is 15.8. The van der Waals surface area contributed by atoms with Gasteiger partial charge in [-0.1, -0.05) is 13.0 Å². The molecule has 1 N–H and O–H groups in total. The zero-order chi connectivity index (χ0) is 15.2. The lowest BCUT2D eigenvalue weighted by molar-refractivity contribution is -0.384. The van der Waals surface area contributed by atoms with Gasteiger partial charge in [0.15, 0.2) is 0 Å². The summed E-state index contributed by atoms with van der Waals surface area (Å²) in [5, 5.41) is 14.2. The number of nitrogens with zero attached hydrogens (tertiary/aromatic N) is 2. The van der Waals surface area contributed by atoms with Crippen LogP contribution >= 0.6 is 0 Å². The number of nitrogens with one attached hydrogen (secondary N) is 1. The van der Waals surface area contributed by atoms with E-state index in [1.165, 1.54) is 45.0 Å². The first-order chi connectivity index (χ1) is 10.1. The van der Waals surface area contributed by atoms with Gasteiger partial charge in [-0.15, -0.1) is 0 Å². The summed E-state index contributed by atoms with van der Waals surface area (Å²) in [5.41, 5.74) is 0.984. The Labute approximate surface area is 126 Å². The molecule has 1 unspecified atom stereocenters. The maximum atomic E-state index is 10.8. The molecular weight excluding hydrogens is 266 g/mol. The molecule has 1 aromatic rings. The summed E-state index contributed by atoms with van der Waals surface area (Å²) in [7, 11) is 0. The highest BCUT2D eigenvalue weighted by Crippen LogP contribution is 2.24. The number of nitro benzene ring substituents is 1. The van der Waals surface area contributed by atoms with Crippen molar-refractivity contribution in [2.45, 2.75) is 39.2 Å². The van der Waals surface area contributed by atoms with Gasteiger partial charge in [0, 0.05) is 23.9 Å². The third-order valence-corrected chi connectivity index (χ3v) is 4.33. The number of likely N-dealkylation sites (tertiary alicyclic amines) is 1. The molecular formula is C16H25N3O2. The highest BCUT2D eigenvalue weighted by atomic mass is 16.6. The molecule has 21 heavy (non-hydrogen) atoms. The first-order valence-corrected chi connectivity index (χ1v) is 7.83. The highest BCUT2D eigenvalue weighted by Gasteiger charge is 2.23. The Balaban J connectivity index is 1.88. The molecule has 1 aliphatic heterocycles. The Kier molecular flexibility index (Phi) is 5.56. The van der Waals surface area contributed by atoms with Crippen molar-refractivity contribution in [2.24, 2.45) is 5.92 Å². The highest BCUT2D eigenvalue weighted by molar-refractivity contribution is 5.51. The van der Waals surface area contributed by atoms with E-state index in [4.69, 9.17) is 0 Å². The Morgan fingerprint density at radius 1 is 1.43 bits per heavy atom. The van der Waals surface area contributed by atoms with Crippen LogP contribution in [0, 0.1) is 16.0 Å².